The molecule has 2 aromatic heterocycles. The zero-order valence-electron chi connectivity index (χ0n) is 17.5. The van der Waals surface area contributed by atoms with Crippen molar-refractivity contribution in [3.63, 3.8) is 0 Å². The van der Waals surface area contributed by atoms with Gasteiger partial charge in [0.05, 0.1) is 15.9 Å². The fourth-order valence-electron chi connectivity index (χ4n) is 2.95. The number of pyridine rings is 1. The minimum atomic E-state index is -0.258. The Hall–Kier alpha value is -3.25. The van der Waals surface area contributed by atoms with Crippen LogP contribution >= 0.6 is 11.3 Å². The normalized spacial score (nSPS) is 11.8. The first kappa shape index (κ1) is 21.5. The van der Waals surface area contributed by atoms with Gasteiger partial charge in [-0.3, -0.25) is 10.3 Å². The molecule has 0 radical (unpaired) electrons. The standard InChI is InChI=1S/C24H26N4OS/c1-5-16(4)11-12-17(6-2)18-14-19(20-10-8-9-13-26-20)22-21(15-18)27-24(30-22)28-23(29)25-7-3/h6,8-15H,4-5,7H2,1-3H3,(H2,25,27,28,29)/b12-11-,17-6+. The molecule has 0 spiro atoms. The zero-order chi connectivity index (χ0) is 21.5. The summed E-state index contributed by atoms with van der Waals surface area (Å²) in [5, 5.41) is 6.11. The Bertz CT molecular complexity index is 1110. The molecule has 3 aromatic rings. The molecule has 6 heteroatoms. The molecule has 0 aliphatic heterocycles. The summed E-state index contributed by atoms with van der Waals surface area (Å²) in [5.41, 5.74) is 5.88. The number of anilines is 1. The predicted octanol–water partition coefficient (Wildman–Crippen LogP) is 6.43. The van der Waals surface area contributed by atoms with Crippen molar-refractivity contribution in [2.75, 3.05) is 11.9 Å². The van der Waals surface area contributed by atoms with E-state index >= 15 is 0 Å². The lowest BCUT2D eigenvalue weighted by molar-refractivity contribution is 0.252. The second-order valence-corrected chi connectivity index (χ2v) is 7.68. The van der Waals surface area contributed by atoms with Crippen LogP contribution < -0.4 is 10.6 Å². The molecule has 0 aliphatic rings. The van der Waals surface area contributed by atoms with E-state index in [4.69, 9.17) is 0 Å². The Morgan fingerprint density at radius 1 is 1.23 bits per heavy atom. The molecular weight excluding hydrogens is 392 g/mol. The summed E-state index contributed by atoms with van der Waals surface area (Å²) in [4.78, 5) is 21.1. The zero-order valence-corrected chi connectivity index (χ0v) is 18.3. The number of amides is 2. The number of urea groups is 1. The van der Waals surface area contributed by atoms with Gasteiger partial charge >= 0.3 is 6.03 Å². The average Bonchev–Trinajstić information content (AvgIpc) is 3.16. The van der Waals surface area contributed by atoms with Crippen LogP contribution in [0.15, 0.2) is 66.9 Å². The van der Waals surface area contributed by atoms with Crippen LogP contribution in [0.4, 0.5) is 9.93 Å². The number of fused-ring (bicyclic) bond motifs is 1. The highest BCUT2D eigenvalue weighted by Gasteiger charge is 2.15. The van der Waals surface area contributed by atoms with E-state index in [9.17, 15) is 4.79 Å². The molecule has 2 heterocycles. The van der Waals surface area contributed by atoms with Crippen molar-refractivity contribution in [3.05, 3.63) is 72.5 Å². The van der Waals surface area contributed by atoms with Gasteiger partial charge in [0.25, 0.3) is 0 Å². The summed E-state index contributed by atoms with van der Waals surface area (Å²) < 4.78 is 0.988. The Morgan fingerprint density at radius 2 is 2.07 bits per heavy atom. The first-order valence-corrected chi connectivity index (χ1v) is 10.8. The Kier molecular flexibility index (Phi) is 7.14. The molecule has 0 aliphatic carbocycles. The lowest BCUT2D eigenvalue weighted by atomic mass is 9.99. The maximum absolute atomic E-state index is 11.9. The molecule has 30 heavy (non-hydrogen) atoms. The minimum Gasteiger partial charge on any atom is -0.338 e. The van der Waals surface area contributed by atoms with Gasteiger partial charge in [0.2, 0.25) is 0 Å². The summed E-state index contributed by atoms with van der Waals surface area (Å²) in [6.45, 7) is 10.6. The molecule has 0 fully saturated rings. The number of rotatable bonds is 7. The summed E-state index contributed by atoms with van der Waals surface area (Å²) >= 11 is 1.45. The SMILES string of the molecule is C=C(/C=C\C(=C/C)c1cc(-c2ccccn2)c2sc(NC(=O)NCC)nc2c1)CC. The van der Waals surface area contributed by atoms with Crippen molar-refractivity contribution in [3.8, 4) is 11.3 Å². The molecule has 2 amide bonds. The molecule has 2 N–H and O–H groups in total. The number of hydrogen-bond donors (Lipinski definition) is 2. The second kappa shape index (κ2) is 9.98. The van der Waals surface area contributed by atoms with Gasteiger partial charge in [-0.25, -0.2) is 9.78 Å². The van der Waals surface area contributed by atoms with E-state index in [0.717, 1.165) is 44.6 Å². The van der Waals surface area contributed by atoms with Crippen LogP contribution in [0.5, 0.6) is 0 Å². The number of allylic oxidation sites excluding steroid dienone is 5. The maximum Gasteiger partial charge on any atom is 0.321 e. The van der Waals surface area contributed by atoms with Crippen LogP contribution in [0, 0.1) is 0 Å². The third kappa shape index (κ3) is 5.02. The largest absolute Gasteiger partial charge is 0.338 e. The van der Waals surface area contributed by atoms with E-state index < -0.39 is 0 Å². The molecule has 3 rings (SSSR count). The number of carbonyl (C=O) groups is 1. The molecule has 1 aromatic carbocycles. The smallest absolute Gasteiger partial charge is 0.321 e. The highest BCUT2D eigenvalue weighted by atomic mass is 32.1. The first-order chi connectivity index (χ1) is 14.5. The molecule has 0 atom stereocenters. The Labute approximate surface area is 181 Å². The molecule has 5 nitrogen and oxygen atoms in total. The van der Waals surface area contributed by atoms with Crippen molar-refractivity contribution in [2.24, 2.45) is 0 Å². The van der Waals surface area contributed by atoms with E-state index in [-0.39, 0.29) is 6.03 Å². The van der Waals surface area contributed by atoms with Crippen molar-refractivity contribution < 1.29 is 4.79 Å². The highest BCUT2D eigenvalue weighted by molar-refractivity contribution is 7.22. The summed E-state index contributed by atoms with van der Waals surface area (Å²) in [6, 6.07) is 9.78. The van der Waals surface area contributed by atoms with Crippen LogP contribution in [0.3, 0.4) is 0 Å². The first-order valence-electron chi connectivity index (χ1n) is 9.99. The van der Waals surface area contributed by atoms with Crippen LogP contribution in [-0.2, 0) is 0 Å². The van der Waals surface area contributed by atoms with Gasteiger partial charge in [-0.2, -0.15) is 0 Å². The molecular formula is C24H26N4OS. The number of thiazole rings is 1. The quantitative estimate of drug-likeness (QED) is 0.435. The van der Waals surface area contributed by atoms with Gasteiger partial charge in [0.15, 0.2) is 5.13 Å². The number of aromatic nitrogens is 2. The molecule has 154 valence electrons. The van der Waals surface area contributed by atoms with Crippen LogP contribution in [0.2, 0.25) is 0 Å². The highest BCUT2D eigenvalue weighted by Crippen LogP contribution is 2.37. The topological polar surface area (TPSA) is 66.9 Å². The maximum atomic E-state index is 11.9. The lowest BCUT2D eigenvalue weighted by Gasteiger charge is -2.08. The number of nitrogens with zero attached hydrogens (tertiary/aromatic N) is 2. The fourth-order valence-corrected chi connectivity index (χ4v) is 3.92. The van der Waals surface area contributed by atoms with Gasteiger partial charge in [-0.15, -0.1) is 0 Å². The van der Waals surface area contributed by atoms with Crippen molar-refractivity contribution in [1.82, 2.24) is 15.3 Å². The summed E-state index contributed by atoms with van der Waals surface area (Å²) in [5.74, 6) is 0. The third-order valence-corrected chi connectivity index (χ3v) is 5.61. The van der Waals surface area contributed by atoms with Crippen molar-refractivity contribution >= 4 is 38.3 Å². The third-order valence-electron chi connectivity index (χ3n) is 4.59. The predicted molar refractivity (Wildman–Crippen MR) is 128 cm³/mol. The number of hydrogen-bond acceptors (Lipinski definition) is 4. The fraction of sp³-hybridized carbons (Fsp3) is 0.208. The van der Waals surface area contributed by atoms with Crippen molar-refractivity contribution in [1.29, 1.82) is 0 Å². The number of carbonyl (C=O) groups excluding carboxylic acids is 1. The second-order valence-electron chi connectivity index (χ2n) is 6.68. The van der Waals surface area contributed by atoms with E-state index in [0.29, 0.717) is 11.7 Å². The van der Waals surface area contributed by atoms with Gasteiger partial charge in [0, 0.05) is 18.3 Å². The monoisotopic (exact) mass is 418 g/mol. The summed E-state index contributed by atoms with van der Waals surface area (Å²) in [6.07, 6.45) is 8.89. The van der Waals surface area contributed by atoms with Gasteiger partial charge in [-0.05, 0) is 55.7 Å². The van der Waals surface area contributed by atoms with Crippen LogP contribution in [0.1, 0.15) is 32.8 Å². The van der Waals surface area contributed by atoms with Crippen LogP contribution in [-0.4, -0.2) is 22.5 Å². The van der Waals surface area contributed by atoms with Crippen molar-refractivity contribution in [2.45, 2.75) is 27.2 Å². The van der Waals surface area contributed by atoms with E-state index in [1.165, 1.54) is 11.3 Å². The van der Waals surface area contributed by atoms with Gasteiger partial charge < -0.3 is 5.32 Å². The molecule has 0 saturated heterocycles. The molecule has 0 saturated carbocycles. The lowest BCUT2D eigenvalue weighted by Crippen LogP contribution is -2.28. The summed E-state index contributed by atoms with van der Waals surface area (Å²) in [7, 11) is 0. The Morgan fingerprint density at radius 3 is 2.73 bits per heavy atom. The average molecular weight is 419 g/mol. The Balaban J connectivity index is 2.12. The van der Waals surface area contributed by atoms with E-state index in [1.807, 2.05) is 38.1 Å². The number of benzene rings is 1. The van der Waals surface area contributed by atoms with Gasteiger partial charge in [-0.1, -0.05) is 54.7 Å². The molecule has 0 bridgehead atoms. The van der Waals surface area contributed by atoms with E-state index in [2.05, 4.69) is 58.4 Å². The minimum absolute atomic E-state index is 0.258. The number of nitrogens with one attached hydrogen (secondary N) is 2. The van der Waals surface area contributed by atoms with Gasteiger partial charge in [0.1, 0.15) is 0 Å². The van der Waals surface area contributed by atoms with Crippen LogP contribution in [0.25, 0.3) is 27.0 Å². The molecule has 0 unspecified atom stereocenters. The van der Waals surface area contributed by atoms with E-state index in [1.54, 1.807) is 6.20 Å².